The van der Waals surface area contributed by atoms with Gasteiger partial charge in [-0.15, -0.1) is 0 Å². The van der Waals surface area contributed by atoms with Crippen LogP contribution in [0.2, 0.25) is 0 Å². The Bertz CT molecular complexity index is 1120. The van der Waals surface area contributed by atoms with E-state index in [-0.39, 0.29) is 11.6 Å². The Labute approximate surface area is 258 Å². The Morgan fingerprint density at radius 1 is 0.875 bits per heavy atom. The van der Waals surface area contributed by atoms with Crippen molar-refractivity contribution in [3.05, 3.63) is 55.7 Å². The number of carbonyl (C=O) groups excluding carboxylic acids is 1. The van der Waals surface area contributed by atoms with Crippen LogP contribution in [0.15, 0.2) is 24.3 Å². The van der Waals surface area contributed by atoms with Crippen LogP contribution in [0, 0.1) is 42.1 Å². The van der Waals surface area contributed by atoms with Crippen LogP contribution in [0.25, 0.3) is 0 Å². The monoisotopic (exact) mass is 660 g/mol. The van der Waals surface area contributed by atoms with Crippen LogP contribution < -0.4 is 9.47 Å². The molecule has 0 saturated heterocycles. The Balaban J connectivity index is 1.53. The third-order valence-corrected chi connectivity index (χ3v) is 9.83. The zero-order chi connectivity index (χ0) is 29.4. The molecule has 2 unspecified atom stereocenters. The lowest BCUT2D eigenvalue weighted by molar-refractivity contribution is 0.0508. The molecule has 3 rings (SSSR count). The number of fused-ring (bicyclic) bond motifs is 1. The van der Waals surface area contributed by atoms with E-state index in [1.807, 2.05) is 31.2 Å². The number of rotatable bonds is 14. The number of carbonyl (C=O) groups is 1. The molecule has 2 aromatic carbocycles. The third kappa shape index (κ3) is 9.22. The van der Waals surface area contributed by atoms with Crippen LogP contribution in [-0.2, 0) is 6.42 Å². The average Bonchev–Trinajstić information content (AvgIpc) is 2.89. The maximum Gasteiger partial charge on any atom is 0.343 e. The highest BCUT2D eigenvalue weighted by Crippen LogP contribution is 2.45. The summed E-state index contributed by atoms with van der Waals surface area (Å²) in [6, 6.07) is 7.51. The number of esters is 1. The standard InChI is InChI=1S/C36H53IO3/c1-24(2)12-9-13-25(3)14-10-15-26(4)16-11-22-36(8)23-21-32-29(7)33(27(5)28(6)34(32)40-36)39-35(38)30-17-19-31(37)20-18-30/h17-20,24-26H,9-16,21-23H2,1-8H3/t25?,26?,36-/m0/s1. The van der Waals surface area contributed by atoms with Gasteiger partial charge in [-0.25, -0.2) is 4.79 Å². The summed E-state index contributed by atoms with van der Waals surface area (Å²) < 4.78 is 13.8. The maximum atomic E-state index is 12.9. The first-order valence-electron chi connectivity index (χ1n) is 15.7. The number of halogens is 1. The fraction of sp³-hybridized carbons (Fsp3) is 0.639. The molecule has 0 bridgehead atoms. The molecule has 2 aromatic rings. The molecule has 0 aliphatic carbocycles. The van der Waals surface area contributed by atoms with Crippen LogP contribution in [0.5, 0.6) is 11.5 Å². The van der Waals surface area contributed by atoms with Gasteiger partial charge in [0.2, 0.25) is 0 Å². The summed E-state index contributed by atoms with van der Waals surface area (Å²) >= 11 is 2.24. The second-order valence-corrected chi connectivity index (χ2v) is 14.6. The van der Waals surface area contributed by atoms with Crippen molar-refractivity contribution in [2.24, 2.45) is 17.8 Å². The molecular formula is C36H53IO3. The molecule has 0 radical (unpaired) electrons. The van der Waals surface area contributed by atoms with E-state index in [0.29, 0.717) is 11.3 Å². The SMILES string of the molecule is Cc1c(C)c2c(c(C)c1OC(=O)c1ccc(I)cc1)CC[C@](C)(CCCC(C)CCCC(C)CCCC(C)C)O2. The van der Waals surface area contributed by atoms with E-state index in [1.165, 1.54) is 56.9 Å². The van der Waals surface area contributed by atoms with E-state index >= 15 is 0 Å². The fourth-order valence-electron chi connectivity index (χ4n) is 6.15. The van der Waals surface area contributed by atoms with E-state index < -0.39 is 0 Å². The quantitative estimate of drug-likeness (QED) is 0.115. The molecule has 40 heavy (non-hydrogen) atoms. The van der Waals surface area contributed by atoms with Crippen LogP contribution in [0.4, 0.5) is 0 Å². The molecular weight excluding hydrogens is 607 g/mol. The van der Waals surface area contributed by atoms with Gasteiger partial charge in [0.05, 0.1) is 5.56 Å². The molecule has 3 atom stereocenters. The minimum Gasteiger partial charge on any atom is -0.487 e. The third-order valence-electron chi connectivity index (χ3n) is 9.11. The van der Waals surface area contributed by atoms with Crippen LogP contribution in [-0.4, -0.2) is 11.6 Å². The second-order valence-electron chi connectivity index (χ2n) is 13.3. The van der Waals surface area contributed by atoms with Crippen molar-refractivity contribution in [1.29, 1.82) is 0 Å². The summed E-state index contributed by atoms with van der Waals surface area (Å²) in [4.78, 5) is 12.9. The Morgan fingerprint density at radius 3 is 2.05 bits per heavy atom. The van der Waals surface area contributed by atoms with Gasteiger partial charge in [-0.05, 0) is 135 Å². The molecule has 1 heterocycles. The molecule has 0 saturated carbocycles. The van der Waals surface area contributed by atoms with Crippen LogP contribution in [0.3, 0.4) is 0 Å². The van der Waals surface area contributed by atoms with Crippen molar-refractivity contribution in [3.63, 3.8) is 0 Å². The minimum atomic E-state index is -0.307. The normalized spacial score (nSPS) is 18.2. The summed E-state index contributed by atoms with van der Waals surface area (Å²) in [5.41, 5.74) is 4.75. The molecule has 0 spiro atoms. The highest BCUT2D eigenvalue weighted by Gasteiger charge is 2.35. The first-order valence-corrected chi connectivity index (χ1v) is 16.8. The molecule has 1 aliphatic heterocycles. The fourth-order valence-corrected chi connectivity index (χ4v) is 6.51. The summed E-state index contributed by atoms with van der Waals surface area (Å²) in [6.45, 7) is 18.0. The molecule has 0 N–H and O–H groups in total. The molecule has 1 aliphatic rings. The number of hydrogen-bond acceptors (Lipinski definition) is 3. The number of hydrogen-bond donors (Lipinski definition) is 0. The first-order chi connectivity index (χ1) is 18.9. The summed E-state index contributed by atoms with van der Waals surface area (Å²) in [5.74, 6) is 3.87. The zero-order valence-electron chi connectivity index (χ0n) is 26.4. The van der Waals surface area contributed by atoms with E-state index in [0.717, 1.165) is 63.0 Å². The highest BCUT2D eigenvalue weighted by atomic mass is 127. The van der Waals surface area contributed by atoms with Gasteiger partial charge in [0, 0.05) is 9.13 Å². The van der Waals surface area contributed by atoms with Gasteiger partial charge in [0.1, 0.15) is 17.1 Å². The number of benzene rings is 2. The predicted octanol–water partition coefficient (Wildman–Crippen LogP) is 11.0. The minimum absolute atomic E-state index is 0.138. The highest BCUT2D eigenvalue weighted by molar-refractivity contribution is 14.1. The van der Waals surface area contributed by atoms with Gasteiger partial charge < -0.3 is 9.47 Å². The lowest BCUT2D eigenvalue weighted by atomic mass is 9.83. The second kappa shape index (κ2) is 15.1. The topological polar surface area (TPSA) is 35.5 Å². The van der Waals surface area contributed by atoms with Crippen molar-refractivity contribution < 1.29 is 14.3 Å². The smallest absolute Gasteiger partial charge is 0.343 e. The van der Waals surface area contributed by atoms with E-state index in [9.17, 15) is 4.79 Å². The van der Waals surface area contributed by atoms with Crippen molar-refractivity contribution in [2.45, 2.75) is 132 Å². The first kappa shape index (κ1) is 32.9. The average molecular weight is 661 g/mol. The van der Waals surface area contributed by atoms with E-state index in [4.69, 9.17) is 9.47 Å². The molecule has 3 nitrogen and oxygen atoms in total. The summed E-state index contributed by atoms with van der Waals surface area (Å²) in [6.07, 6.45) is 13.7. The van der Waals surface area contributed by atoms with Gasteiger partial charge in [0.15, 0.2) is 0 Å². The predicted molar refractivity (Wildman–Crippen MR) is 177 cm³/mol. The van der Waals surface area contributed by atoms with Crippen molar-refractivity contribution in [2.75, 3.05) is 0 Å². The summed E-state index contributed by atoms with van der Waals surface area (Å²) in [7, 11) is 0. The van der Waals surface area contributed by atoms with E-state index in [2.05, 4.69) is 71.1 Å². The molecule has 4 heteroatoms. The Kier molecular flexibility index (Phi) is 12.4. The van der Waals surface area contributed by atoms with Crippen LogP contribution in [0.1, 0.15) is 131 Å². The van der Waals surface area contributed by atoms with Crippen molar-refractivity contribution in [3.8, 4) is 11.5 Å². The largest absolute Gasteiger partial charge is 0.487 e. The number of ether oxygens (including phenoxy) is 2. The van der Waals surface area contributed by atoms with Gasteiger partial charge in [-0.2, -0.15) is 0 Å². The maximum absolute atomic E-state index is 12.9. The van der Waals surface area contributed by atoms with E-state index in [1.54, 1.807) is 0 Å². The lowest BCUT2D eigenvalue weighted by Crippen LogP contribution is -2.37. The van der Waals surface area contributed by atoms with Crippen molar-refractivity contribution in [1.82, 2.24) is 0 Å². The zero-order valence-corrected chi connectivity index (χ0v) is 28.6. The molecule has 222 valence electrons. The van der Waals surface area contributed by atoms with Gasteiger partial charge >= 0.3 is 5.97 Å². The molecule has 0 aromatic heterocycles. The molecule has 0 amide bonds. The van der Waals surface area contributed by atoms with Gasteiger partial charge in [-0.3, -0.25) is 0 Å². The summed E-state index contributed by atoms with van der Waals surface area (Å²) in [5, 5.41) is 0. The van der Waals surface area contributed by atoms with Gasteiger partial charge in [-0.1, -0.05) is 72.6 Å². The van der Waals surface area contributed by atoms with Crippen molar-refractivity contribution >= 4 is 28.6 Å². The van der Waals surface area contributed by atoms with Crippen LogP contribution >= 0.6 is 22.6 Å². The lowest BCUT2D eigenvalue weighted by Gasteiger charge is -2.38. The molecule has 0 fully saturated rings. The Hall–Kier alpha value is -1.56. The Morgan fingerprint density at radius 2 is 1.45 bits per heavy atom. The van der Waals surface area contributed by atoms with Gasteiger partial charge in [0.25, 0.3) is 0 Å².